The van der Waals surface area contributed by atoms with Crippen LogP contribution in [-0.2, 0) is 0 Å². The van der Waals surface area contributed by atoms with Gasteiger partial charge in [-0.1, -0.05) is 44.0 Å². The lowest BCUT2D eigenvalue weighted by atomic mass is 10.0. The summed E-state index contributed by atoms with van der Waals surface area (Å²) in [5.41, 5.74) is 1.23. The van der Waals surface area contributed by atoms with Crippen molar-refractivity contribution in [2.45, 2.75) is 10.9 Å². The number of aliphatic hydroxyl groups excluding tert-OH is 1. The number of aromatic nitrogens is 1. The summed E-state index contributed by atoms with van der Waals surface area (Å²) in [6.07, 6.45) is 1.08. The normalized spacial score (nSPS) is 25.5. The highest BCUT2D eigenvalue weighted by Gasteiger charge is 2.25. The van der Waals surface area contributed by atoms with Crippen molar-refractivity contribution in [1.29, 1.82) is 0 Å². The molecule has 14 heavy (non-hydrogen) atoms. The van der Waals surface area contributed by atoms with Crippen molar-refractivity contribution in [3.8, 4) is 0 Å². The van der Waals surface area contributed by atoms with Gasteiger partial charge in [0.05, 0.1) is 10.5 Å². The highest BCUT2D eigenvalue weighted by molar-refractivity contribution is 9.12. The van der Waals surface area contributed by atoms with Crippen LogP contribution in [0.4, 0.5) is 0 Å². The van der Waals surface area contributed by atoms with Crippen molar-refractivity contribution in [3.05, 3.63) is 44.3 Å². The summed E-state index contributed by atoms with van der Waals surface area (Å²) >= 11 is 6.69. The number of H-pyrrole nitrogens is 1. The highest BCUT2D eigenvalue weighted by Crippen LogP contribution is 2.40. The standard InChI is InChI=1S/C9H7Br2NO2/c10-5-3-6(11)9(14)8-4(5)1-2-7(13)12-8/h1-3,5,9,14H,(H,12,13). The van der Waals surface area contributed by atoms with Gasteiger partial charge < -0.3 is 10.1 Å². The quantitative estimate of drug-likeness (QED) is 0.720. The van der Waals surface area contributed by atoms with E-state index in [1.54, 1.807) is 6.07 Å². The van der Waals surface area contributed by atoms with Gasteiger partial charge in [0.2, 0.25) is 5.56 Å². The lowest BCUT2D eigenvalue weighted by Crippen LogP contribution is -2.17. The summed E-state index contributed by atoms with van der Waals surface area (Å²) in [5, 5.41) is 9.77. The second kappa shape index (κ2) is 3.64. The fourth-order valence-electron chi connectivity index (χ4n) is 1.43. The minimum atomic E-state index is -0.771. The summed E-state index contributed by atoms with van der Waals surface area (Å²) in [5.74, 6) is 0. The number of aliphatic hydroxyl groups is 1. The van der Waals surface area contributed by atoms with Crippen molar-refractivity contribution >= 4 is 31.9 Å². The molecule has 0 amide bonds. The summed E-state index contributed by atoms with van der Waals surface area (Å²) in [6, 6.07) is 3.17. The van der Waals surface area contributed by atoms with E-state index in [9.17, 15) is 9.90 Å². The first-order valence-corrected chi connectivity index (χ1v) is 5.73. The third kappa shape index (κ3) is 1.60. The Labute approximate surface area is 97.1 Å². The molecule has 0 bridgehead atoms. The Morgan fingerprint density at radius 3 is 2.86 bits per heavy atom. The number of rotatable bonds is 0. The van der Waals surface area contributed by atoms with Crippen molar-refractivity contribution in [3.63, 3.8) is 0 Å². The van der Waals surface area contributed by atoms with E-state index in [0.29, 0.717) is 10.2 Å². The molecule has 3 nitrogen and oxygen atoms in total. The molecule has 5 heteroatoms. The summed E-state index contributed by atoms with van der Waals surface area (Å²) < 4.78 is 0.661. The van der Waals surface area contributed by atoms with Gasteiger partial charge in [0.25, 0.3) is 0 Å². The lowest BCUT2D eigenvalue weighted by Gasteiger charge is -2.22. The van der Waals surface area contributed by atoms with Crippen molar-refractivity contribution in [2.75, 3.05) is 0 Å². The Bertz CT molecular complexity index is 452. The maximum absolute atomic E-state index is 11.1. The number of fused-ring (bicyclic) bond motifs is 1. The zero-order valence-electron chi connectivity index (χ0n) is 7.00. The van der Waals surface area contributed by atoms with Crippen LogP contribution in [0.2, 0.25) is 0 Å². The molecule has 2 rings (SSSR count). The fraction of sp³-hybridized carbons (Fsp3) is 0.222. The average Bonchev–Trinajstić information content (AvgIpc) is 2.14. The summed E-state index contributed by atoms with van der Waals surface area (Å²) in [6.45, 7) is 0. The molecule has 1 aliphatic carbocycles. The highest BCUT2D eigenvalue weighted by atomic mass is 79.9. The predicted octanol–water partition coefficient (Wildman–Crippen LogP) is 2.14. The van der Waals surface area contributed by atoms with Crippen LogP contribution in [0, 0.1) is 0 Å². The SMILES string of the molecule is O=c1ccc2c([nH]1)C(O)C(Br)=CC2Br. The minimum absolute atomic E-state index is 0.0205. The molecule has 0 saturated carbocycles. The molecule has 2 atom stereocenters. The third-order valence-corrected chi connectivity index (χ3v) is 3.58. The van der Waals surface area contributed by atoms with Gasteiger partial charge in [-0.3, -0.25) is 4.79 Å². The largest absolute Gasteiger partial charge is 0.382 e. The first-order valence-electron chi connectivity index (χ1n) is 4.02. The summed E-state index contributed by atoms with van der Waals surface area (Å²) in [4.78, 5) is 13.7. The molecule has 0 aromatic carbocycles. The van der Waals surface area contributed by atoms with E-state index in [1.807, 2.05) is 6.08 Å². The Morgan fingerprint density at radius 2 is 2.14 bits per heavy atom. The van der Waals surface area contributed by atoms with Gasteiger partial charge >= 0.3 is 0 Å². The van der Waals surface area contributed by atoms with Crippen molar-refractivity contribution in [1.82, 2.24) is 4.98 Å². The number of allylic oxidation sites excluding steroid dienone is 1. The van der Waals surface area contributed by atoms with Crippen molar-refractivity contribution < 1.29 is 5.11 Å². The van der Waals surface area contributed by atoms with Crippen LogP contribution in [-0.4, -0.2) is 10.1 Å². The average molecular weight is 321 g/mol. The Morgan fingerprint density at radius 1 is 1.43 bits per heavy atom. The van der Waals surface area contributed by atoms with Gasteiger partial charge in [-0.05, 0) is 5.56 Å². The molecule has 1 heterocycles. The second-order valence-electron chi connectivity index (χ2n) is 3.05. The molecular weight excluding hydrogens is 314 g/mol. The number of hydrogen-bond acceptors (Lipinski definition) is 2. The van der Waals surface area contributed by atoms with E-state index in [0.717, 1.165) is 5.56 Å². The summed E-state index contributed by atoms with van der Waals surface area (Å²) in [7, 11) is 0. The Balaban J connectivity index is 2.63. The van der Waals surface area contributed by atoms with Gasteiger partial charge in [0, 0.05) is 10.5 Å². The number of hydrogen-bond donors (Lipinski definition) is 2. The number of pyridine rings is 1. The number of alkyl halides is 1. The van der Waals surface area contributed by atoms with Crippen LogP contribution in [0.1, 0.15) is 22.2 Å². The van der Waals surface area contributed by atoms with Crippen molar-refractivity contribution in [2.24, 2.45) is 0 Å². The second-order valence-corrected chi connectivity index (χ2v) is 4.95. The van der Waals surface area contributed by atoms with Gasteiger partial charge in [-0.15, -0.1) is 0 Å². The molecule has 0 radical (unpaired) electrons. The van der Waals surface area contributed by atoms with Gasteiger partial charge in [-0.25, -0.2) is 0 Å². The molecule has 2 unspecified atom stereocenters. The van der Waals surface area contributed by atoms with Crippen LogP contribution in [0.3, 0.4) is 0 Å². The smallest absolute Gasteiger partial charge is 0.248 e. The molecular formula is C9H7Br2NO2. The molecule has 0 spiro atoms. The maximum atomic E-state index is 11.1. The Hall–Kier alpha value is -0.390. The number of halogens is 2. The zero-order chi connectivity index (χ0) is 10.3. The predicted molar refractivity (Wildman–Crippen MR) is 60.7 cm³/mol. The van der Waals surface area contributed by atoms with Crippen LogP contribution >= 0.6 is 31.9 Å². The first-order chi connectivity index (χ1) is 6.59. The van der Waals surface area contributed by atoms with Crippen LogP contribution in [0.15, 0.2) is 27.5 Å². The molecule has 1 aromatic rings. The van der Waals surface area contributed by atoms with E-state index >= 15 is 0 Å². The van der Waals surface area contributed by atoms with E-state index in [-0.39, 0.29) is 10.4 Å². The van der Waals surface area contributed by atoms with Gasteiger partial charge in [0.15, 0.2) is 0 Å². The molecule has 0 saturated heterocycles. The molecule has 74 valence electrons. The topological polar surface area (TPSA) is 53.1 Å². The molecule has 0 aliphatic heterocycles. The molecule has 0 fully saturated rings. The minimum Gasteiger partial charge on any atom is -0.382 e. The number of aromatic amines is 1. The van der Waals surface area contributed by atoms with Crippen LogP contribution in [0.25, 0.3) is 0 Å². The zero-order valence-corrected chi connectivity index (χ0v) is 10.2. The molecule has 2 N–H and O–H groups in total. The van der Waals surface area contributed by atoms with Gasteiger partial charge in [0.1, 0.15) is 6.10 Å². The third-order valence-electron chi connectivity index (χ3n) is 2.12. The van der Waals surface area contributed by atoms with E-state index in [1.165, 1.54) is 6.07 Å². The van der Waals surface area contributed by atoms with E-state index < -0.39 is 6.10 Å². The number of nitrogens with one attached hydrogen (secondary N) is 1. The molecule has 1 aromatic heterocycles. The van der Waals surface area contributed by atoms with E-state index in [2.05, 4.69) is 36.8 Å². The molecule has 1 aliphatic rings. The maximum Gasteiger partial charge on any atom is 0.248 e. The Kier molecular flexibility index (Phi) is 2.64. The first kappa shape index (κ1) is 10.1. The fourth-order valence-corrected chi connectivity index (χ4v) is 2.96. The van der Waals surface area contributed by atoms with Crippen LogP contribution < -0.4 is 5.56 Å². The van der Waals surface area contributed by atoms with E-state index in [4.69, 9.17) is 0 Å². The van der Waals surface area contributed by atoms with Crippen LogP contribution in [0.5, 0.6) is 0 Å². The van der Waals surface area contributed by atoms with Gasteiger partial charge in [-0.2, -0.15) is 0 Å². The monoisotopic (exact) mass is 319 g/mol. The lowest BCUT2D eigenvalue weighted by molar-refractivity contribution is 0.216.